The molecule has 11 heteroatoms. The first kappa shape index (κ1) is 23.3. The van der Waals surface area contributed by atoms with Crippen molar-refractivity contribution < 1.29 is 26.7 Å². The van der Waals surface area contributed by atoms with E-state index in [0.29, 0.717) is 21.3 Å². The van der Waals surface area contributed by atoms with E-state index in [1.165, 1.54) is 58.1 Å². The van der Waals surface area contributed by atoms with E-state index in [9.17, 15) is 22.0 Å². The molecule has 1 aromatic heterocycles. The standard InChI is InChI=1S/C22H21F2N3O4S2/c1-15-21(32-20(25-15)14-31-17-8-6-16(23)7-9-17)22(28)26-10-12-27(13-11-26)33(29,30)19-5-3-2-4-18(19)24/h2-9H,10-14H2,1H3. The second-order valence-corrected chi connectivity index (χ2v) is 10.4. The molecule has 2 heterocycles. The smallest absolute Gasteiger partial charge is 0.265 e. The van der Waals surface area contributed by atoms with E-state index >= 15 is 0 Å². The van der Waals surface area contributed by atoms with Crippen molar-refractivity contribution in [2.45, 2.75) is 18.4 Å². The van der Waals surface area contributed by atoms with Crippen molar-refractivity contribution in [2.75, 3.05) is 26.2 Å². The maximum absolute atomic E-state index is 14.0. The van der Waals surface area contributed by atoms with Gasteiger partial charge in [0.2, 0.25) is 10.0 Å². The summed E-state index contributed by atoms with van der Waals surface area (Å²) < 4.78 is 59.3. The van der Waals surface area contributed by atoms with Gasteiger partial charge in [0.25, 0.3) is 5.91 Å². The highest BCUT2D eigenvalue weighted by molar-refractivity contribution is 7.89. The van der Waals surface area contributed by atoms with E-state index in [4.69, 9.17) is 4.74 Å². The van der Waals surface area contributed by atoms with Crippen LogP contribution in [0.15, 0.2) is 53.4 Å². The Hall–Kier alpha value is -2.89. The summed E-state index contributed by atoms with van der Waals surface area (Å²) in [6.45, 7) is 2.38. The third-order valence-electron chi connectivity index (χ3n) is 5.19. The lowest BCUT2D eigenvalue weighted by atomic mass is 10.3. The van der Waals surface area contributed by atoms with Gasteiger partial charge in [-0.25, -0.2) is 22.2 Å². The highest BCUT2D eigenvalue weighted by Crippen LogP contribution is 2.24. The number of rotatable bonds is 6. The number of aryl methyl sites for hydroxylation is 1. The number of aromatic nitrogens is 1. The van der Waals surface area contributed by atoms with E-state index in [2.05, 4.69) is 4.98 Å². The number of amides is 1. The molecule has 0 aliphatic carbocycles. The quantitative estimate of drug-likeness (QED) is 0.526. The number of carbonyl (C=O) groups is 1. The predicted octanol–water partition coefficient (Wildman–Crippen LogP) is 3.46. The molecular weight excluding hydrogens is 472 g/mol. The SMILES string of the molecule is Cc1nc(COc2ccc(F)cc2)sc1C(=O)N1CCN(S(=O)(=O)c2ccccc2F)CC1. The number of sulfonamides is 1. The number of halogens is 2. The molecule has 2 aromatic carbocycles. The van der Waals surface area contributed by atoms with Gasteiger partial charge < -0.3 is 9.64 Å². The van der Waals surface area contributed by atoms with Crippen LogP contribution in [0.2, 0.25) is 0 Å². The average Bonchev–Trinajstić information content (AvgIpc) is 3.19. The van der Waals surface area contributed by atoms with Crippen LogP contribution in [0.5, 0.6) is 5.75 Å². The van der Waals surface area contributed by atoms with Crippen LogP contribution < -0.4 is 4.74 Å². The van der Waals surface area contributed by atoms with Gasteiger partial charge in [-0.2, -0.15) is 4.31 Å². The number of nitrogens with zero attached hydrogens (tertiary/aromatic N) is 3. The van der Waals surface area contributed by atoms with Crippen LogP contribution in [0.3, 0.4) is 0 Å². The van der Waals surface area contributed by atoms with Crippen molar-refractivity contribution >= 4 is 27.3 Å². The van der Waals surface area contributed by atoms with E-state index in [0.717, 1.165) is 6.07 Å². The lowest BCUT2D eigenvalue weighted by Gasteiger charge is -2.33. The first-order chi connectivity index (χ1) is 15.8. The molecular formula is C22H21F2N3O4S2. The van der Waals surface area contributed by atoms with Gasteiger partial charge in [-0.05, 0) is 43.3 Å². The zero-order valence-corrected chi connectivity index (χ0v) is 19.3. The number of benzene rings is 2. The van der Waals surface area contributed by atoms with Crippen LogP contribution >= 0.6 is 11.3 Å². The van der Waals surface area contributed by atoms with Crippen molar-refractivity contribution in [3.63, 3.8) is 0 Å². The average molecular weight is 494 g/mol. The van der Waals surface area contributed by atoms with Gasteiger partial charge in [-0.15, -0.1) is 11.3 Å². The Balaban J connectivity index is 1.39. The molecule has 33 heavy (non-hydrogen) atoms. The highest BCUT2D eigenvalue weighted by Gasteiger charge is 2.33. The fourth-order valence-electron chi connectivity index (χ4n) is 3.46. The van der Waals surface area contributed by atoms with Crippen molar-refractivity contribution in [3.05, 3.63) is 75.7 Å². The molecule has 0 bridgehead atoms. The molecule has 174 valence electrons. The molecule has 0 saturated carbocycles. The van der Waals surface area contributed by atoms with Gasteiger partial charge >= 0.3 is 0 Å². The molecule has 1 saturated heterocycles. The monoisotopic (exact) mass is 493 g/mol. The van der Waals surface area contributed by atoms with Crippen molar-refractivity contribution in [2.24, 2.45) is 0 Å². The highest BCUT2D eigenvalue weighted by atomic mass is 32.2. The van der Waals surface area contributed by atoms with E-state index in [1.807, 2.05) is 0 Å². The fraction of sp³-hybridized carbons (Fsp3) is 0.273. The first-order valence-corrected chi connectivity index (χ1v) is 12.4. The zero-order chi connectivity index (χ0) is 23.6. The summed E-state index contributed by atoms with van der Waals surface area (Å²) >= 11 is 1.21. The number of thiazole rings is 1. The van der Waals surface area contributed by atoms with Gasteiger partial charge in [0.05, 0.1) is 5.69 Å². The summed E-state index contributed by atoms with van der Waals surface area (Å²) in [6, 6.07) is 10.9. The lowest BCUT2D eigenvalue weighted by Crippen LogP contribution is -2.50. The summed E-state index contributed by atoms with van der Waals surface area (Å²) in [5.74, 6) is -0.904. The van der Waals surface area contributed by atoms with Crippen LogP contribution in [0.25, 0.3) is 0 Å². The number of piperazine rings is 1. The van der Waals surface area contributed by atoms with Gasteiger partial charge in [-0.3, -0.25) is 4.79 Å². The van der Waals surface area contributed by atoms with E-state index < -0.39 is 15.8 Å². The number of ether oxygens (including phenoxy) is 1. The molecule has 1 aliphatic heterocycles. The Bertz CT molecular complexity index is 1250. The van der Waals surface area contributed by atoms with Gasteiger partial charge in [0, 0.05) is 26.2 Å². The molecule has 0 atom stereocenters. The summed E-state index contributed by atoms with van der Waals surface area (Å²) in [5, 5.41) is 0.598. The topological polar surface area (TPSA) is 79.8 Å². The maximum atomic E-state index is 14.0. The fourth-order valence-corrected chi connectivity index (χ4v) is 5.89. The second kappa shape index (κ2) is 9.54. The van der Waals surface area contributed by atoms with Crippen molar-refractivity contribution in [3.8, 4) is 5.75 Å². The normalized spacial score (nSPS) is 14.9. The Morgan fingerprint density at radius 1 is 1.06 bits per heavy atom. The molecule has 7 nitrogen and oxygen atoms in total. The third-order valence-corrected chi connectivity index (χ3v) is 8.24. The zero-order valence-electron chi connectivity index (χ0n) is 17.7. The second-order valence-electron chi connectivity index (χ2n) is 7.39. The number of carbonyl (C=O) groups excluding carboxylic acids is 1. The Labute approximate surface area is 194 Å². The summed E-state index contributed by atoms with van der Waals surface area (Å²) in [7, 11) is -3.98. The summed E-state index contributed by atoms with van der Waals surface area (Å²) in [5.41, 5.74) is 0.559. The van der Waals surface area contributed by atoms with Crippen LogP contribution in [-0.4, -0.2) is 54.7 Å². The summed E-state index contributed by atoms with van der Waals surface area (Å²) in [6.07, 6.45) is 0. The Morgan fingerprint density at radius 3 is 2.39 bits per heavy atom. The van der Waals surface area contributed by atoms with Crippen molar-refractivity contribution in [1.29, 1.82) is 0 Å². The Morgan fingerprint density at radius 2 is 1.73 bits per heavy atom. The summed E-state index contributed by atoms with van der Waals surface area (Å²) in [4.78, 5) is 19.1. The predicted molar refractivity (Wildman–Crippen MR) is 119 cm³/mol. The largest absolute Gasteiger partial charge is 0.486 e. The van der Waals surface area contributed by atoms with Crippen LogP contribution in [-0.2, 0) is 16.6 Å². The minimum Gasteiger partial charge on any atom is -0.486 e. The van der Waals surface area contributed by atoms with Gasteiger partial charge in [-0.1, -0.05) is 12.1 Å². The van der Waals surface area contributed by atoms with Gasteiger partial charge in [0.15, 0.2) is 0 Å². The molecule has 0 spiro atoms. The van der Waals surface area contributed by atoms with Crippen LogP contribution in [0.1, 0.15) is 20.4 Å². The Kier molecular flexibility index (Phi) is 6.73. The first-order valence-electron chi connectivity index (χ1n) is 10.1. The van der Waals surface area contributed by atoms with Gasteiger partial charge in [0.1, 0.15) is 38.8 Å². The minimum atomic E-state index is -3.98. The molecule has 0 radical (unpaired) electrons. The molecule has 0 N–H and O–H groups in total. The minimum absolute atomic E-state index is 0.0702. The molecule has 0 unspecified atom stereocenters. The van der Waals surface area contributed by atoms with Crippen LogP contribution in [0, 0.1) is 18.6 Å². The molecule has 1 aliphatic rings. The molecule has 1 fully saturated rings. The number of hydrogen-bond acceptors (Lipinski definition) is 6. The van der Waals surface area contributed by atoms with E-state index in [-0.39, 0.29) is 49.4 Å². The molecule has 3 aromatic rings. The van der Waals surface area contributed by atoms with Crippen molar-refractivity contribution in [1.82, 2.24) is 14.2 Å². The lowest BCUT2D eigenvalue weighted by molar-refractivity contribution is 0.0701. The number of hydrogen-bond donors (Lipinski definition) is 0. The third kappa shape index (κ3) is 5.05. The molecule has 4 rings (SSSR count). The van der Waals surface area contributed by atoms with Crippen LogP contribution in [0.4, 0.5) is 8.78 Å². The maximum Gasteiger partial charge on any atom is 0.265 e. The molecule has 1 amide bonds. The van der Waals surface area contributed by atoms with E-state index in [1.54, 1.807) is 11.8 Å².